The van der Waals surface area contributed by atoms with Crippen molar-refractivity contribution in [3.05, 3.63) is 60.2 Å². The van der Waals surface area contributed by atoms with Crippen LogP contribution >= 0.6 is 0 Å². The molecule has 2 aromatic rings. The monoisotopic (exact) mass is 299 g/mol. The fourth-order valence-corrected chi connectivity index (χ4v) is 2.05. The minimum Gasteiger partial charge on any atom is -0.494 e. The van der Waals surface area contributed by atoms with E-state index in [0.29, 0.717) is 12.4 Å². The van der Waals surface area contributed by atoms with Gasteiger partial charge in [-0.2, -0.15) is 0 Å². The predicted molar refractivity (Wildman–Crippen MR) is 86.1 cm³/mol. The van der Waals surface area contributed by atoms with Crippen molar-refractivity contribution in [2.24, 2.45) is 0 Å². The molecule has 0 aliphatic heterocycles. The van der Waals surface area contributed by atoms with Gasteiger partial charge in [0.2, 0.25) is 0 Å². The molecule has 0 heterocycles. The quantitative estimate of drug-likeness (QED) is 0.853. The summed E-state index contributed by atoms with van der Waals surface area (Å²) in [7, 11) is 0. The molecule has 116 valence electrons. The summed E-state index contributed by atoms with van der Waals surface area (Å²) in [6.45, 7) is 4.54. The Hall–Kier alpha value is -2.49. The summed E-state index contributed by atoms with van der Waals surface area (Å²) in [4.78, 5) is 11.9. The van der Waals surface area contributed by atoms with Gasteiger partial charge >= 0.3 is 0 Å². The van der Waals surface area contributed by atoms with Crippen LogP contribution in [-0.4, -0.2) is 19.1 Å². The maximum atomic E-state index is 11.9. The summed E-state index contributed by atoms with van der Waals surface area (Å²) in [5, 5.41) is 2.91. The van der Waals surface area contributed by atoms with Gasteiger partial charge in [-0.1, -0.05) is 30.3 Å². The summed E-state index contributed by atoms with van der Waals surface area (Å²) in [6, 6.07) is 16.9. The van der Waals surface area contributed by atoms with Gasteiger partial charge in [-0.15, -0.1) is 0 Å². The maximum absolute atomic E-state index is 11.9. The first-order valence-electron chi connectivity index (χ1n) is 7.39. The molecule has 0 unspecified atom stereocenters. The molecule has 0 aliphatic carbocycles. The zero-order valence-corrected chi connectivity index (χ0v) is 12.9. The molecule has 1 N–H and O–H groups in total. The summed E-state index contributed by atoms with van der Waals surface area (Å²) >= 11 is 0. The smallest absolute Gasteiger partial charge is 0.258 e. The van der Waals surface area contributed by atoms with Crippen molar-refractivity contribution in [3.8, 4) is 11.5 Å². The molecule has 0 spiro atoms. The van der Waals surface area contributed by atoms with Crippen molar-refractivity contribution in [3.63, 3.8) is 0 Å². The lowest BCUT2D eigenvalue weighted by Crippen LogP contribution is -2.31. The van der Waals surface area contributed by atoms with Crippen molar-refractivity contribution in [2.75, 3.05) is 13.2 Å². The van der Waals surface area contributed by atoms with Crippen molar-refractivity contribution < 1.29 is 14.3 Å². The van der Waals surface area contributed by atoms with Crippen LogP contribution < -0.4 is 14.8 Å². The van der Waals surface area contributed by atoms with Gasteiger partial charge < -0.3 is 14.8 Å². The number of ether oxygens (including phenoxy) is 2. The summed E-state index contributed by atoms with van der Waals surface area (Å²) in [5.74, 6) is 1.37. The first-order valence-corrected chi connectivity index (χ1v) is 7.39. The second-order valence-electron chi connectivity index (χ2n) is 4.89. The normalized spacial score (nSPS) is 11.5. The van der Waals surface area contributed by atoms with E-state index in [9.17, 15) is 4.79 Å². The molecule has 4 heteroatoms. The molecule has 1 atom stereocenters. The molecule has 0 radical (unpaired) electrons. The van der Waals surface area contributed by atoms with E-state index < -0.39 is 0 Å². The van der Waals surface area contributed by atoms with Crippen LogP contribution in [0.3, 0.4) is 0 Å². The zero-order chi connectivity index (χ0) is 15.8. The van der Waals surface area contributed by atoms with E-state index in [1.165, 1.54) is 0 Å². The van der Waals surface area contributed by atoms with Gasteiger partial charge in [-0.3, -0.25) is 4.79 Å². The number of carbonyl (C=O) groups excluding carboxylic acids is 1. The standard InChI is InChI=1S/C18H21NO3/c1-3-21-17-11-9-15(10-12-17)14(2)19-18(20)13-22-16-7-5-4-6-8-16/h4-12,14H,3,13H2,1-2H3,(H,19,20)/t14-/m1/s1. The topological polar surface area (TPSA) is 47.6 Å². The zero-order valence-electron chi connectivity index (χ0n) is 12.9. The van der Waals surface area contributed by atoms with Crippen LogP contribution in [0.25, 0.3) is 0 Å². The van der Waals surface area contributed by atoms with Gasteiger partial charge in [0.05, 0.1) is 12.6 Å². The number of nitrogens with one attached hydrogen (secondary N) is 1. The molecule has 2 rings (SSSR count). The Morgan fingerprint density at radius 3 is 2.27 bits per heavy atom. The molecule has 22 heavy (non-hydrogen) atoms. The fourth-order valence-electron chi connectivity index (χ4n) is 2.05. The number of rotatable bonds is 7. The first kappa shape index (κ1) is 15.9. The number of hydrogen-bond donors (Lipinski definition) is 1. The lowest BCUT2D eigenvalue weighted by Gasteiger charge is -2.15. The molecule has 0 aliphatic rings. The van der Waals surface area contributed by atoms with Crippen molar-refractivity contribution in [2.45, 2.75) is 19.9 Å². The Balaban J connectivity index is 1.82. The molecule has 0 aromatic heterocycles. The fraction of sp³-hybridized carbons (Fsp3) is 0.278. The average molecular weight is 299 g/mol. The number of hydrogen-bond acceptors (Lipinski definition) is 3. The third-order valence-corrected chi connectivity index (χ3v) is 3.18. The Bertz CT molecular complexity index is 581. The van der Waals surface area contributed by atoms with Gasteiger partial charge in [0.15, 0.2) is 6.61 Å². The molecule has 0 bridgehead atoms. The number of para-hydroxylation sites is 1. The van der Waals surface area contributed by atoms with Gasteiger partial charge in [-0.05, 0) is 43.7 Å². The van der Waals surface area contributed by atoms with Crippen molar-refractivity contribution in [1.29, 1.82) is 0 Å². The lowest BCUT2D eigenvalue weighted by molar-refractivity contribution is -0.123. The molecule has 2 aromatic carbocycles. The summed E-state index contributed by atoms with van der Waals surface area (Å²) in [5.41, 5.74) is 1.02. The SMILES string of the molecule is CCOc1ccc([C@@H](C)NC(=O)COc2ccccc2)cc1. The molecule has 0 fully saturated rings. The Morgan fingerprint density at radius 2 is 1.64 bits per heavy atom. The minimum absolute atomic E-state index is 0.00534. The first-order chi connectivity index (χ1) is 10.7. The van der Waals surface area contributed by atoms with E-state index in [1.54, 1.807) is 0 Å². The Morgan fingerprint density at radius 1 is 1.00 bits per heavy atom. The van der Waals surface area contributed by atoms with Crippen LogP contribution in [-0.2, 0) is 4.79 Å². The van der Waals surface area contributed by atoms with Crippen LogP contribution in [0.1, 0.15) is 25.5 Å². The van der Waals surface area contributed by atoms with E-state index >= 15 is 0 Å². The molecular weight excluding hydrogens is 278 g/mol. The van der Waals surface area contributed by atoms with Gasteiger partial charge in [0.25, 0.3) is 5.91 Å². The lowest BCUT2D eigenvalue weighted by atomic mass is 10.1. The highest BCUT2D eigenvalue weighted by Crippen LogP contribution is 2.17. The number of amides is 1. The van der Waals surface area contributed by atoms with Gasteiger partial charge in [0.1, 0.15) is 11.5 Å². The third-order valence-electron chi connectivity index (χ3n) is 3.18. The third kappa shape index (κ3) is 4.81. The van der Waals surface area contributed by atoms with Gasteiger partial charge in [-0.25, -0.2) is 0 Å². The van der Waals surface area contributed by atoms with E-state index in [2.05, 4.69) is 5.32 Å². The molecule has 1 amide bonds. The second-order valence-corrected chi connectivity index (χ2v) is 4.89. The van der Waals surface area contributed by atoms with Crippen molar-refractivity contribution >= 4 is 5.91 Å². The van der Waals surface area contributed by atoms with Crippen LogP contribution in [0.5, 0.6) is 11.5 Å². The van der Waals surface area contributed by atoms with Crippen LogP contribution in [0.2, 0.25) is 0 Å². The Kier molecular flexibility index (Phi) is 5.83. The van der Waals surface area contributed by atoms with E-state index in [1.807, 2.05) is 68.4 Å². The minimum atomic E-state index is -0.148. The van der Waals surface area contributed by atoms with E-state index in [0.717, 1.165) is 11.3 Å². The van der Waals surface area contributed by atoms with E-state index in [-0.39, 0.29) is 18.6 Å². The maximum Gasteiger partial charge on any atom is 0.258 e. The average Bonchev–Trinajstić information content (AvgIpc) is 2.55. The molecule has 4 nitrogen and oxygen atoms in total. The summed E-state index contributed by atoms with van der Waals surface area (Å²) in [6.07, 6.45) is 0. The highest BCUT2D eigenvalue weighted by molar-refractivity contribution is 5.78. The van der Waals surface area contributed by atoms with Crippen molar-refractivity contribution in [1.82, 2.24) is 5.32 Å². The van der Waals surface area contributed by atoms with Gasteiger partial charge in [0, 0.05) is 0 Å². The molecule has 0 saturated heterocycles. The number of carbonyl (C=O) groups is 1. The Labute approximate surface area is 131 Å². The largest absolute Gasteiger partial charge is 0.494 e. The highest BCUT2D eigenvalue weighted by Gasteiger charge is 2.10. The van der Waals surface area contributed by atoms with E-state index in [4.69, 9.17) is 9.47 Å². The molecular formula is C18H21NO3. The van der Waals surface area contributed by atoms with Crippen LogP contribution in [0, 0.1) is 0 Å². The second kappa shape index (κ2) is 8.08. The highest BCUT2D eigenvalue weighted by atomic mass is 16.5. The molecule has 0 saturated carbocycles. The predicted octanol–water partition coefficient (Wildman–Crippen LogP) is 3.34. The number of benzene rings is 2. The van der Waals surface area contributed by atoms with Crippen LogP contribution in [0.15, 0.2) is 54.6 Å². The van der Waals surface area contributed by atoms with Crippen LogP contribution in [0.4, 0.5) is 0 Å². The summed E-state index contributed by atoms with van der Waals surface area (Å²) < 4.78 is 10.8.